The van der Waals surface area contributed by atoms with Crippen molar-refractivity contribution in [3.8, 4) is 0 Å². The van der Waals surface area contributed by atoms with Crippen LogP contribution in [0.3, 0.4) is 0 Å². The number of aromatic nitrogens is 1. The number of benzene rings is 1. The number of hydrogen-bond acceptors (Lipinski definition) is 3. The van der Waals surface area contributed by atoms with Gasteiger partial charge in [0, 0.05) is 49.6 Å². The molecule has 1 aromatic heterocycles. The summed E-state index contributed by atoms with van der Waals surface area (Å²) in [5.74, 6) is 2.15. The zero-order chi connectivity index (χ0) is 13.5. The van der Waals surface area contributed by atoms with Gasteiger partial charge in [0.25, 0.3) is 0 Å². The highest BCUT2D eigenvalue weighted by atomic mass is 32.2. The standard InChI is InChI=1S/C15H22N2OS/c1-17-12-13(14-5-2-3-6-15(14)17)11-16-7-10-19-9-4-8-18/h2-3,5-6,12,16,18H,4,7-11H2,1H3. The third-order valence-corrected chi connectivity index (χ3v) is 4.24. The smallest absolute Gasteiger partial charge is 0.0481 e. The molecule has 2 aromatic rings. The predicted octanol–water partition coefficient (Wildman–Crippen LogP) is 2.38. The average molecular weight is 278 g/mol. The van der Waals surface area contributed by atoms with Gasteiger partial charge in [-0.15, -0.1) is 0 Å². The van der Waals surface area contributed by atoms with E-state index < -0.39 is 0 Å². The molecule has 2 N–H and O–H groups in total. The zero-order valence-corrected chi connectivity index (χ0v) is 12.2. The monoisotopic (exact) mass is 278 g/mol. The third kappa shape index (κ3) is 4.00. The maximum Gasteiger partial charge on any atom is 0.0481 e. The summed E-state index contributed by atoms with van der Waals surface area (Å²) in [7, 11) is 2.09. The molecule has 3 nitrogen and oxygen atoms in total. The molecule has 0 saturated heterocycles. The molecule has 4 heteroatoms. The maximum atomic E-state index is 8.69. The van der Waals surface area contributed by atoms with Gasteiger partial charge in [-0.05, 0) is 23.8 Å². The van der Waals surface area contributed by atoms with Crippen LogP contribution in [0.15, 0.2) is 30.5 Å². The summed E-state index contributed by atoms with van der Waals surface area (Å²) in [6.07, 6.45) is 3.10. The van der Waals surface area contributed by atoms with Gasteiger partial charge in [0.1, 0.15) is 0 Å². The van der Waals surface area contributed by atoms with E-state index in [1.54, 1.807) is 0 Å². The highest BCUT2D eigenvalue weighted by Gasteiger charge is 2.04. The van der Waals surface area contributed by atoms with Crippen LogP contribution in [0.25, 0.3) is 10.9 Å². The second-order valence-corrected chi connectivity index (χ2v) is 5.87. The fraction of sp³-hybridized carbons (Fsp3) is 0.467. The molecule has 0 aliphatic rings. The van der Waals surface area contributed by atoms with E-state index in [0.29, 0.717) is 6.61 Å². The average Bonchev–Trinajstić information content (AvgIpc) is 2.75. The van der Waals surface area contributed by atoms with Crippen molar-refractivity contribution in [2.75, 3.05) is 24.7 Å². The van der Waals surface area contributed by atoms with Crippen molar-refractivity contribution in [1.82, 2.24) is 9.88 Å². The first-order valence-corrected chi connectivity index (χ1v) is 7.90. The Kier molecular flexibility index (Phi) is 5.76. The SMILES string of the molecule is Cn1cc(CNCCSCCCO)c2ccccc21. The van der Waals surface area contributed by atoms with Crippen LogP contribution in [-0.4, -0.2) is 34.3 Å². The maximum absolute atomic E-state index is 8.69. The molecule has 0 spiro atoms. The highest BCUT2D eigenvalue weighted by Crippen LogP contribution is 2.19. The second-order valence-electron chi connectivity index (χ2n) is 4.65. The third-order valence-electron chi connectivity index (χ3n) is 3.16. The number of hydrogen-bond donors (Lipinski definition) is 2. The number of aliphatic hydroxyl groups excluding tert-OH is 1. The fourth-order valence-electron chi connectivity index (χ4n) is 2.20. The number of thioether (sulfide) groups is 1. The van der Waals surface area contributed by atoms with E-state index in [2.05, 4.69) is 47.4 Å². The molecule has 0 atom stereocenters. The molecule has 0 aliphatic heterocycles. The lowest BCUT2D eigenvalue weighted by Gasteiger charge is -2.03. The summed E-state index contributed by atoms with van der Waals surface area (Å²) in [5, 5.41) is 13.5. The molecule has 0 bridgehead atoms. The fourth-order valence-corrected chi connectivity index (χ4v) is 3.03. The van der Waals surface area contributed by atoms with Crippen LogP contribution < -0.4 is 5.32 Å². The Morgan fingerprint density at radius 1 is 1.26 bits per heavy atom. The van der Waals surface area contributed by atoms with Gasteiger partial charge in [0.15, 0.2) is 0 Å². The largest absolute Gasteiger partial charge is 0.396 e. The van der Waals surface area contributed by atoms with Crippen molar-refractivity contribution in [3.05, 3.63) is 36.0 Å². The number of fused-ring (bicyclic) bond motifs is 1. The Labute approximate surface area is 119 Å². The van der Waals surface area contributed by atoms with Gasteiger partial charge in [-0.2, -0.15) is 11.8 Å². The Balaban J connectivity index is 1.79. The zero-order valence-electron chi connectivity index (χ0n) is 11.4. The predicted molar refractivity (Wildman–Crippen MR) is 83.7 cm³/mol. The minimum Gasteiger partial charge on any atom is -0.396 e. The molecular formula is C15H22N2OS. The molecule has 19 heavy (non-hydrogen) atoms. The van der Waals surface area contributed by atoms with Crippen LogP contribution >= 0.6 is 11.8 Å². The highest BCUT2D eigenvalue weighted by molar-refractivity contribution is 7.99. The molecule has 0 aliphatic carbocycles. The minimum atomic E-state index is 0.302. The van der Waals surface area contributed by atoms with Crippen molar-refractivity contribution in [2.24, 2.45) is 7.05 Å². The first kappa shape index (κ1) is 14.4. The molecular weight excluding hydrogens is 256 g/mol. The lowest BCUT2D eigenvalue weighted by Crippen LogP contribution is -2.16. The quantitative estimate of drug-likeness (QED) is 0.728. The van der Waals surface area contributed by atoms with Gasteiger partial charge in [0.05, 0.1) is 0 Å². The molecule has 2 rings (SSSR count). The molecule has 0 saturated carbocycles. The van der Waals surface area contributed by atoms with E-state index in [9.17, 15) is 0 Å². The van der Waals surface area contributed by atoms with Crippen molar-refractivity contribution >= 4 is 22.7 Å². The second kappa shape index (κ2) is 7.58. The van der Waals surface area contributed by atoms with E-state index in [-0.39, 0.29) is 0 Å². The number of rotatable bonds is 8. The van der Waals surface area contributed by atoms with Gasteiger partial charge in [-0.25, -0.2) is 0 Å². The molecule has 0 radical (unpaired) electrons. The van der Waals surface area contributed by atoms with E-state index in [1.807, 2.05) is 11.8 Å². The van der Waals surface area contributed by atoms with Crippen molar-refractivity contribution in [2.45, 2.75) is 13.0 Å². The number of nitrogens with one attached hydrogen (secondary N) is 1. The molecule has 0 fully saturated rings. The van der Waals surface area contributed by atoms with Crippen LogP contribution in [0.1, 0.15) is 12.0 Å². The van der Waals surface area contributed by atoms with Gasteiger partial charge < -0.3 is 15.0 Å². The van der Waals surface area contributed by atoms with Crippen molar-refractivity contribution < 1.29 is 5.11 Å². The Hall–Kier alpha value is -0.970. The number of aryl methyl sites for hydroxylation is 1. The molecule has 0 unspecified atom stereocenters. The molecule has 104 valence electrons. The Morgan fingerprint density at radius 2 is 2.11 bits per heavy atom. The number of para-hydroxylation sites is 1. The Bertz CT molecular complexity index is 510. The first-order chi connectivity index (χ1) is 9.33. The lowest BCUT2D eigenvalue weighted by molar-refractivity contribution is 0.296. The van der Waals surface area contributed by atoms with Crippen LogP contribution in [0.4, 0.5) is 0 Å². The van der Waals surface area contributed by atoms with Crippen LogP contribution in [0.2, 0.25) is 0 Å². The summed E-state index contributed by atoms with van der Waals surface area (Å²) in [5.41, 5.74) is 2.65. The van der Waals surface area contributed by atoms with Crippen LogP contribution in [-0.2, 0) is 13.6 Å². The minimum absolute atomic E-state index is 0.302. The van der Waals surface area contributed by atoms with Crippen molar-refractivity contribution in [1.29, 1.82) is 0 Å². The lowest BCUT2D eigenvalue weighted by atomic mass is 10.2. The summed E-state index contributed by atoms with van der Waals surface area (Å²) in [4.78, 5) is 0. The van der Waals surface area contributed by atoms with E-state index in [0.717, 1.165) is 31.0 Å². The summed E-state index contributed by atoms with van der Waals surface area (Å²) in [6, 6.07) is 8.51. The Morgan fingerprint density at radius 3 is 2.95 bits per heavy atom. The van der Waals surface area contributed by atoms with Gasteiger partial charge in [-0.1, -0.05) is 18.2 Å². The van der Waals surface area contributed by atoms with Gasteiger partial charge in [-0.3, -0.25) is 0 Å². The van der Waals surface area contributed by atoms with Crippen LogP contribution in [0, 0.1) is 0 Å². The van der Waals surface area contributed by atoms with E-state index in [4.69, 9.17) is 5.11 Å². The molecule has 1 aromatic carbocycles. The number of aliphatic hydroxyl groups is 1. The van der Waals surface area contributed by atoms with Gasteiger partial charge >= 0.3 is 0 Å². The van der Waals surface area contributed by atoms with Gasteiger partial charge in [0.2, 0.25) is 0 Å². The molecule has 1 heterocycles. The topological polar surface area (TPSA) is 37.2 Å². The van der Waals surface area contributed by atoms with E-state index >= 15 is 0 Å². The first-order valence-electron chi connectivity index (χ1n) is 6.75. The van der Waals surface area contributed by atoms with Crippen molar-refractivity contribution in [3.63, 3.8) is 0 Å². The molecule has 0 amide bonds. The summed E-state index contributed by atoms with van der Waals surface area (Å²) >= 11 is 1.89. The normalized spacial score (nSPS) is 11.3. The summed E-state index contributed by atoms with van der Waals surface area (Å²) in [6.45, 7) is 2.23. The van der Waals surface area contributed by atoms with Crippen LogP contribution in [0.5, 0.6) is 0 Å². The number of nitrogens with zero attached hydrogens (tertiary/aromatic N) is 1. The summed E-state index contributed by atoms with van der Waals surface area (Å²) < 4.78 is 2.18. The van der Waals surface area contributed by atoms with E-state index in [1.165, 1.54) is 16.5 Å².